The highest BCUT2D eigenvalue weighted by molar-refractivity contribution is 5.84. The average molecular weight is 329 g/mol. The van der Waals surface area contributed by atoms with Crippen molar-refractivity contribution in [3.8, 4) is 0 Å². The molecule has 24 heavy (non-hydrogen) atoms. The average Bonchev–Trinajstić information content (AvgIpc) is 3.23. The maximum atomic E-state index is 12.3. The van der Waals surface area contributed by atoms with E-state index in [2.05, 4.69) is 14.9 Å². The number of H-pyrrole nitrogens is 1. The van der Waals surface area contributed by atoms with E-state index in [-0.39, 0.29) is 23.3 Å². The van der Waals surface area contributed by atoms with Gasteiger partial charge in [-0.1, -0.05) is 0 Å². The molecular weight excluding hydrogens is 306 g/mol. The lowest BCUT2D eigenvalue weighted by atomic mass is 10.0. The van der Waals surface area contributed by atoms with Crippen molar-refractivity contribution >= 4 is 16.7 Å². The Balaban J connectivity index is 1.87. The summed E-state index contributed by atoms with van der Waals surface area (Å²) in [5.74, 6) is 1.32. The molecule has 7 nitrogen and oxygen atoms in total. The number of pyridine rings is 1. The SMILES string of the molecule is Cc1c(N2CCC(C(C)N)C2)ncc2c(=O)[nH]c(=O)n(C3CC3)c12. The van der Waals surface area contributed by atoms with E-state index in [4.69, 9.17) is 5.73 Å². The predicted octanol–water partition coefficient (Wildman–Crippen LogP) is 0.902. The third kappa shape index (κ3) is 2.34. The first kappa shape index (κ1) is 15.4. The van der Waals surface area contributed by atoms with Crippen LogP contribution in [0.5, 0.6) is 0 Å². The van der Waals surface area contributed by atoms with Crippen molar-refractivity contribution in [1.29, 1.82) is 0 Å². The largest absolute Gasteiger partial charge is 0.356 e. The summed E-state index contributed by atoms with van der Waals surface area (Å²) in [7, 11) is 0. The molecule has 7 heteroatoms. The minimum absolute atomic E-state index is 0.156. The van der Waals surface area contributed by atoms with Gasteiger partial charge in [0, 0.05) is 36.9 Å². The summed E-state index contributed by atoms with van der Waals surface area (Å²) in [6.07, 6.45) is 4.61. The summed E-state index contributed by atoms with van der Waals surface area (Å²) < 4.78 is 1.75. The second-order valence-corrected chi connectivity index (χ2v) is 7.18. The first-order valence-corrected chi connectivity index (χ1v) is 8.62. The highest BCUT2D eigenvalue weighted by Gasteiger charge is 2.31. The number of nitrogens with zero attached hydrogens (tertiary/aromatic N) is 3. The monoisotopic (exact) mass is 329 g/mol. The normalized spacial score (nSPS) is 22.3. The zero-order valence-electron chi connectivity index (χ0n) is 14.1. The number of hydrogen-bond acceptors (Lipinski definition) is 5. The van der Waals surface area contributed by atoms with Gasteiger partial charge in [-0.25, -0.2) is 9.78 Å². The van der Waals surface area contributed by atoms with Crippen molar-refractivity contribution in [2.45, 2.75) is 45.2 Å². The summed E-state index contributed by atoms with van der Waals surface area (Å²) in [5.41, 5.74) is 7.01. The van der Waals surface area contributed by atoms with E-state index in [1.54, 1.807) is 10.8 Å². The van der Waals surface area contributed by atoms with Gasteiger partial charge in [-0.15, -0.1) is 0 Å². The molecule has 4 rings (SSSR count). The third-order valence-corrected chi connectivity index (χ3v) is 5.37. The Bertz CT molecular complexity index is 910. The molecule has 2 fully saturated rings. The van der Waals surface area contributed by atoms with E-state index < -0.39 is 0 Å². The standard InChI is InChI=1S/C17H23N5O2/c1-9-14-13(16(23)20-17(24)22(14)12-3-4-12)7-19-15(9)21-6-5-11(8-21)10(2)18/h7,10-12H,3-6,8,18H2,1-2H3,(H,20,23,24). The molecule has 0 aromatic carbocycles. The Hall–Kier alpha value is -2.15. The zero-order chi connectivity index (χ0) is 17.0. The summed E-state index contributed by atoms with van der Waals surface area (Å²) in [6.45, 7) is 5.77. The lowest BCUT2D eigenvalue weighted by Gasteiger charge is -2.22. The van der Waals surface area contributed by atoms with Gasteiger partial charge in [-0.2, -0.15) is 0 Å². The van der Waals surface area contributed by atoms with Gasteiger partial charge in [0.15, 0.2) is 0 Å². The number of aromatic amines is 1. The molecule has 2 aromatic rings. The first-order chi connectivity index (χ1) is 11.5. The van der Waals surface area contributed by atoms with Crippen LogP contribution in [-0.4, -0.2) is 33.7 Å². The van der Waals surface area contributed by atoms with E-state index in [0.29, 0.717) is 11.3 Å². The first-order valence-electron chi connectivity index (χ1n) is 8.62. The van der Waals surface area contributed by atoms with Gasteiger partial charge in [-0.05, 0) is 39.0 Å². The highest BCUT2D eigenvalue weighted by Crippen LogP contribution is 2.37. The smallest absolute Gasteiger partial charge is 0.329 e. The summed E-state index contributed by atoms with van der Waals surface area (Å²) >= 11 is 0. The van der Waals surface area contributed by atoms with Gasteiger partial charge in [0.25, 0.3) is 5.56 Å². The quantitative estimate of drug-likeness (QED) is 0.872. The van der Waals surface area contributed by atoms with Crippen LogP contribution in [0.2, 0.25) is 0 Å². The molecule has 1 saturated carbocycles. The van der Waals surface area contributed by atoms with E-state index >= 15 is 0 Å². The second kappa shape index (κ2) is 5.44. The molecule has 128 valence electrons. The van der Waals surface area contributed by atoms with Crippen LogP contribution < -0.4 is 21.9 Å². The van der Waals surface area contributed by atoms with E-state index in [1.807, 2.05) is 13.8 Å². The van der Waals surface area contributed by atoms with Crippen LogP contribution in [0.15, 0.2) is 15.8 Å². The number of anilines is 1. The molecule has 1 saturated heterocycles. The number of nitrogens with one attached hydrogen (secondary N) is 1. The summed E-state index contributed by atoms with van der Waals surface area (Å²) in [6, 6.07) is 0.351. The Morgan fingerprint density at radius 1 is 1.33 bits per heavy atom. The van der Waals surface area contributed by atoms with Gasteiger partial charge in [0.1, 0.15) is 5.82 Å². The van der Waals surface area contributed by atoms with Crippen LogP contribution in [0.25, 0.3) is 10.9 Å². The fraction of sp³-hybridized carbons (Fsp3) is 0.588. The van der Waals surface area contributed by atoms with Gasteiger partial charge >= 0.3 is 5.69 Å². The fourth-order valence-electron chi connectivity index (χ4n) is 3.80. The minimum Gasteiger partial charge on any atom is -0.356 e. The fourth-order valence-corrected chi connectivity index (χ4v) is 3.80. The Morgan fingerprint density at radius 2 is 2.08 bits per heavy atom. The minimum atomic E-state index is -0.357. The molecule has 0 spiro atoms. The van der Waals surface area contributed by atoms with Gasteiger partial charge in [0.2, 0.25) is 0 Å². The molecule has 2 aliphatic rings. The molecule has 0 amide bonds. The predicted molar refractivity (Wildman–Crippen MR) is 93.6 cm³/mol. The number of aromatic nitrogens is 3. The molecule has 3 heterocycles. The van der Waals surface area contributed by atoms with Crippen LogP contribution in [0, 0.1) is 12.8 Å². The van der Waals surface area contributed by atoms with Gasteiger partial charge in [-0.3, -0.25) is 14.3 Å². The van der Waals surface area contributed by atoms with Crippen molar-refractivity contribution in [3.05, 3.63) is 32.6 Å². The van der Waals surface area contributed by atoms with Crippen LogP contribution in [0.3, 0.4) is 0 Å². The lowest BCUT2D eigenvalue weighted by Crippen LogP contribution is -2.32. The number of hydrogen-bond donors (Lipinski definition) is 2. The summed E-state index contributed by atoms with van der Waals surface area (Å²) in [4.78, 5) is 33.7. The van der Waals surface area contributed by atoms with Crippen molar-refractivity contribution in [2.24, 2.45) is 11.7 Å². The van der Waals surface area contributed by atoms with E-state index in [1.165, 1.54) is 0 Å². The molecule has 2 aromatic heterocycles. The molecule has 1 aliphatic heterocycles. The molecule has 0 bridgehead atoms. The van der Waals surface area contributed by atoms with Crippen molar-refractivity contribution in [2.75, 3.05) is 18.0 Å². The molecule has 2 unspecified atom stereocenters. The molecule has 3 N–H and O–H groups in total. The molecular formula is C17H23N5O2. The van der Waals surface area contributed by atoms with Crippen LogP contribution in [0.1, 0.15) is 37.8 Å². The number of nitrogens with two attached hydrogens (primary N) is 1. The van der Waals surface area contributed by atoms with Gasteiger partial charge < -0.3 is 10.6 Å². The Labute approximate surface area is 139 Å². The number of aryl methyl sites for hydroxylation is 1. The van der Waals surface area contributed by atoms with Crippen molar-refractivity contribution in [3.63, 3.8) is 0 Å². The van der Waals surface area contributed by atoms with Crippen molar-refractivity contribution < 1.29 is 0 Å². The molecule has 2 atom stereocenters. The molecule has 0 radical (unpaired) electrons. The zero-order valence-corrected chi connectivity index (χ0v) is 14.1. The Morgan fingerprint density at radius 3 is 2.71 bits per heavy atom. The van der Waals surface area contributed by atoms with Gasteiger partial charge in [0.05, 0.1) is 10.9 Å². The Kier molecular flexibility index (Phi) is 3.49. The van der Waals surface area contributed by atoms with Crippen LogP contribution in [0.4, 0.5) is 5.82 Å². The van der Waals surface area contributed by atoms with Crippen LogP contribution >= 0.6 is 0 Å². The topological polar surface area (TPSA) is 97.0 Å². The second-order valence-electron chi connectivity index (χ2n) is 7.18. The maximum Gasteiger partial charge on any atom is 0.329 e. The highest BCUT2D eigenvalue weighted by atomic mass is 16.2. The van der Waals surface area contributed by atoms with Crippen molar-refractivity contribution in [1.82, 2.24) is 14.5 Å². The van der Waals surface area contributed by atoms with E-state index in [9.17, 15) is 9.59 Å². The summed E-state index contributed by atoms with van der Waals surface area (Å²) in [5, 5.41) is 0.491. The third-order valence-electron chi connectivity index (χ3n) is 5.37. The maximum absolute atomic E-state index is 12.3. The number of rotatable bonds is 3. The van der Waals surface area contributed by atoms with E-state index in [0.717, 1.165) is 49.2 Å². The lowest BCUT2D eigenvalue weighted by molar-refractivity contribution is 0.488. The molecule has 1 aliphatic carbocycles. The van der Waals surface area contributed by atoms with Crippen LogP contribution in [-0.2, 0) is 0 Å². The number of fused-ring (bicyclic) bond motifs is 1.